The van der Waals surface area contributed by atoms with Crippen molar-refractivity contribution in [3.8, 4) is 0 Å². The molecular formula is C27H34N2O3Si. The summed E-state index contributed by atoms with van der Waals surface area (Å²) in [5.74, 6) is 0. The van der Waals surface area contributed by atoms with E-state index in [1.807, 2.05) is 39.0 Å². The fraction of sp³-hybridized carbons (Fsp3) is 0.333. The van der Waals surface area contributed by atoms with Crippen LogP contribution in [0.4, 0.5) is 10.5 Å². The third kappa shape index (κ3) is 6.09. The first kappa shape index (κ1) is 24.7. The van der Waals surface area contributed by atoms with Gasteiger partial charge in [-0.05, 0) is 47.8 Å². The lowest BCUT2D eigenvalue weighted by Gasteiger charge is -2.43. The van der Waals surface area contributed by atoms with Crippen LogP contribution in [0.25, 0.3) is 0 Å². The maximum atomic E-state index is 12.2. The highest BCUT2D eigenvalue weighted by Crippen LogP contribution is 2.37. The monoisotopic (exact) mass is 462 g/mol. The van der Waals surface area contributed by atoms with Gasteiger partial charge < -0.3 is 9.16 Å². The van der Waals surface area contributed by atoms with Gasteiger partial charge in [0.1, 0.15) is 5.60 Å². The quantitative estimate of drug-likeness (QED) is 0.491. The first-order valence-corrected chi connectivity index (χ1v) is 13.1. The van der Waals surface area contributed by atoms with Crippen LogP contribution in [0.5, 0.6) is 0 Å². The van der Waals surface area contributed by atoms with E-state index in [4.69, 9.17) is 9.16 Å². The van der Waals surface area contributed by atoms with Crippen molar-refractivity contribution in [3.63, 3.8) is 0 Å². The van der Waals surface area contributed by atoms with Crippen molar-refractivity contribution >= 4 is 30.5 Å². The van der Waals surface area contributed by atoms with Gasteiger partial charge in [0.25, 0.3) is 8.32 Å². The fourth-order valence-electron chi connectivity index (χ4n) is 4.01. The third-order valence-electron chi connectivity index (χ3n) is 5.31. The summed E-state index contributed by atoms with van der Waals surface area (Å²) in [5.41, 5.74) is 0.894. The zero-order chi connectivity index (χ0) is 24.1. The molecule has 0 atom stereocenters. The summed E-state index contributed by atoms with van der Waals surface area (Å²) in [4.78, 5) is 16.5. The summed E-state index contributed by atoms with van der Waals surface area (Å²) in [6.45, 7) is 12.6. The van der Waals surface area contributed by atoms with E-state index in [0.29, 0.717) is 12.3 Å². The van der Waals surface area contributed by atoms with E-state index in [9.17, 15) is 4.79 Å². The van der Waals surface area contributed by atoms with Gasteiger partial charge >= 0.3 is 6.09 Å². The number of amides is 1. The van der Waals surface area contributed by atoms with Crippen molar-refractivity contribution in [1.29, 1.82) is 0 Å². The van der Waals surface area contributed by atoms with Crippen LogP contribution >= 0.6 is 0 Å². The average molecular weight is 463 g/mol. The minimum Gasteiger partial charge on any atom is -0.444 e. The van der Waals surface area contributed by atoms with Crippen molar-refractivity contribution in [2.45, 2.75) is 58.8 Å². The molecule has 33 heavy (non-hydrogen) atoms. The first-order chi connectivity index (χ1) is 15.5. The van der Waals surface area contributed by atoms with Crippen LogP contribution in [0.3, 0.4) is 0 Å². The fourth-order valence-corrected chi connectivity index (χ4v) is 8.55. The Labute approximate surface area is 198 Å². The molecule has 0 saturated heterocycles. The molecule has 1 heterocycles. The number of anilines is 1. The Morgan fingerprint density at radius 3 is 1.91 bits per heavy atom. The molecule has 0 spiro atoms. The highest BCUT2D eigenvalue weighted by Gasteiger charge is 2.50. The van der Waals surface area contributed by atoms with E-state index in [2.05, 4.69) is 79.6 Å². The normalized spacial score (nSPS) is 12.3. The molecule has 174 valence electrons. The molecule has 0 radical (unpaired) electrons. The van der Waals surface area contributed by atoms with E-state index in [-0.39, 0.29) is 5.04 Å². The molecule has 0 aliphatic heterocycles. The van der Waals surface area contributed by atoms with Gasteiger partial charge in [-0.25, -0.2) is 4.79 Å². The number of pyridine rings is 1. The molecule has 1 amide bonds. The Bertz CT molecular complexity index is 1020. The highest BCUT2D eigenvalue weighted by atomic mass is 28.4. The summed E-state index contributed by atoms with van der Waals surface area (Å²) >= 11 is 0. The molecule has 3 aromatic rings. The lowest BCUT2D eigenvalue weighted by molar-refractivity contribution is 0.0636. The topological polar surface area (TPSA) is 60.5 Å². The molecule has 2 aromatic carbocycles. The van der Waals surface area contributed by atoms with Gasteiger partial charge in [-0.15, -0.1) is 0 Å². The van der Waals surface area contributed by atoms with E-state index in [1.165, 1.54) is 10.4 Å². The van der Waals surface area contributed by atoms with E-state index < -0.39 is 20.0 Å². The second kappa shape index (κ2) is 9.89. The maximum Gasteiger partial charge on any atom is 0.412 e. The predicted octanol–water partition coefficient (Wildman–Crippen LogP) is 5.51. The molecule has 0 bridgehead atoms. The van der Waals surface area contributed by atoms with Gasteiger partial charge in [-0.1, -0.05) is 81.4 Å². The third-order valence-corrected chi connectivity index (χ3v) is 10.3. The Hall–Kier alpha value is -2.96. The van der Waals surface area contributed by atoms with Gasteiger partial charge in [-0.2, -0.15) is 0 Å². The van der Waals surface area contributed by atoms with Crippen LogP contribution in [0, 0.1) is 0 Å². The summed E-state index contributed by atoms with van der Waals surface area (Å²) in [6.07, 6.45) is 2.88. The van der Waals surface area contributed by atoms with Crippen molar-refractivity contribution in [3.05, 3.63) is 84.7 Å². The largest absolute Gasteiger partial charge is 0.444 e. The van der Waals surface area contributed by atoms with E-state index in [0.717, 1.165) is 5.56 Å². The first-order valence-electron chi connectivity index (χ1n) is 11.2. The number of carbonyl (C=O) groups excluding carboxylic acids is 1. The van der Waals surface area contributed by atoms with Gasteiger partial charge in [0.2, 0.25) is 0 Å². The van der Waals surface area contributed by atoms with Crippen molar-refractivity contribution in [2.24, 2.45) is 0 Å². The van der Waals surface area contributed by atoms with Crippen LogP contribution in [0.1, 0.15) is 47.1 Å². The minimum atomic E-state index is -2.65. The van der Waals surface area contributed by atoms with Gasteiger partial charge in [0.15, 0.2) is 0 Å². The Morgan fingerprint density at radius 2 is 1.42 bits per heavy atom. The lowest BCUT2D eigenvalue weighted by atomic mass is 10.2. The van der Waals surface area contributed by atoms with Crippen molar-refractivity contribution in [1.82, 2.24) is 4.98 Å². The number of carbonyl (C=O) groups is 1. The maximum absolute atomic E-state index is 12.2. The number of nitrogens with zero attached hydrogens (tertiary/aromatic N) is 1. The second-order valence-electron chi connectivity index (χ2n) is 10.2. The number of rotatable bonds is 6. The van der Waals surface area contributed by atoms with E-state index >= 15 is 0 Å². The standard InChI is InChI=1S/C27H34N2O3Si/c1-26(2,3)32-25(30)29-22-17-21(18-28-19-22)20-31-33(27(4,5)6,23-13-9-7-10-14-23)24-15-11-8-12-16-24/h7-19H,20H2,1-6H3,(H,29,30). The Balaban J connectivity index is 1.92. The predicted molar refractivity (Wildman–Crippen MR) is 137 cm³/mol. The molecule has 5 nitrogen and oxygen atoms in total. The van der Waals surface area contributed by atoms with Crippen LogP contribution in [0.15, 0.2) is 79.1 Å². The zero-order valence-corrected chi connectivity index (χ0v) is 21.4. The SMILES string of the molecule is CC(C)(C)OC(=O)Nc1cncc(CO[Si](c2ccccc2)(c2ccccc2)C(C)(C)C)c1. The summed E-state index contributed by atoms with van der Waals surface area (Å²) in [6, 6.07) is 22.9. The lowest BCUT2D eigenvalue weighted by Crippen LogP contribution is -2.66. The number of ether oxygens (including phenoxy) is 1. The smallest absolute Gasteiger partial charge is 0.412 e. The molecular weight excluding hydrogens is 428 g/mol. The summed E-state index contributed by atoms with van der Waals surface area (Å²) in [7, 11) is -2.65. The van der Waals surface area contributed by atoms with Crippen LogP contribution in [-0.2, 0) is 15.8 Å². The number of aromatic nitrogens is 1. The second-order valence-corrected chi connectivity index (χ2v) is 14.5. The average Bonchev–Trinajstić information content (AvgIpc) is 2.74. The molecule has 0 unspecified atom stereocenters. The summed E-state index contributed by atoms with van der Waals surface area (Å²) in [5, 5.41) is 5.09. The Morgan fingerprint density at radius 1 is 0.879 bits per heavy atom. The molecule has 6 heteroatoms. The molecule has 0 fully saturated rings. The molecule has 0 saturated carbocycles. The van der Waals surface area contributed by atoms with Gasteiger partial charge in [-0.3, -0.25) is 10.3 Å². The number of nitrogens with one attached hydrogen (secondary N) is 1. The molecule has 0 aliphatic carbocycles. The van der Waals surface area contributed by atoms with Gasteiger partial charge in [0.05, 0.1) is 18.5 Å². The molecule has 1 aromatic heterocycles. The van der Waals surface area contributed by atoms with Crippen molar-refractivity contribution < 1.29 is 14.0 Å². The molecule has 3 rings (SSSR count). The number of hydrogen-bond acceptors (Lipinski definition) is 4. The minimum absolute atomic E-state index is 0.116. The van der Waals surface area contributed by atoms with E-state index in [1.54, 1.807) is 12.4 Å². The van der Waals surface area contributed by atoms with Crippen LogP contribution in [0.2, 0.25) is 5.04 Å². The van der Waals surface area contributed by atoms with Crippen molar-refractivity contribution in [2.75, 3.05) is 5.32 Å². The van der Waals surface area contributed by atoms with Crippen LogP contribution < -0.4 is 15.7 Å². The number of hydrogen-bond donors (Lipinski definition) is 1. The highest BCUT2D eigenvalue weighted by molar-refractivity contribution is 6.99. The molecule has 0 aliphatic rings. The van der Waals surface area contributed by atoms with Gasteiger partial charge in [0, 0.05) is 6.20 Å². The number of benzene rings is 2. The zero-order valence-electron chi connectivity index (χ0n) is 20.4. The summed E-state index contributed by atoms with van der Waals surface area (Å²) < 4.78 is 12.3. The van der Waals surface area contributed by atoms with Crippen LogP contribution in [-0.4, -0.2) is 25.0 Å². The molecule has 1 N–H and O–H groups in total. The Kier molecular flexibility index (Phi) is 7.40.